The molecule has 0 aliphatic carbocycles. The number of rotatable bonds is 8. The lowest BCUT2D eigenvalue weighted by Gasteiger charge is -2.20. The van der Waals surface area contributed by atoms with Crippen molar-refractivity contribution in [1.82, 2.24) is 0 Å². The summed E-state index contributed by atoms with van der Waals surface area (Å²) in [7, 11) is 0. The zero-order valence-electron chi connectivity index (χ0n) is 14.4. The van der Waals surface area contributed by atoms with Gasteiger partial charge in [-0.15, -0.1) is 0 Å². The SMILES string of the molecule is CCCCOc1ccccc1NC(=O)C(C)C(N)c1ccccc1. The first-order chi connectivity index (χ1) is 11.6. The van der Waals surface area contributed by atoms with Crippen molar-refractivity contribution in [2.75, 3.05) is 11.9 Å². The Balaban J connectivity index is 2.03. The van der Waals surface area contributed by atoms with E-state index in [2.05, 4.69) is 12.2 Å². The predicted molar refractivity (Wildman–Crippen MR) is 98.0 cm³/mol. The Kier molecular flexibility index (Phi) is 6.82. The van der Waals surface area contributed by atoms with E-state index >= 15 is 0 Å². The maximum Gasteiger partial charge on any atom is 0.229 e. The topological polar surface area (TPSA) is 64.3 Å². The molecule has 0 bridgehead atoms. The Morgan fingerprint density at radius 2 is 1.79 bits per heavy atom. The van der Waals surface area contributed by atoms with Gasteiger partial charge < -0.3 is 15.8 Å². The fourth-order valence-electron chi connectivity index (χ4n) is 2.40. The van der Waals surface area contributed by atoms with Crippen LogP contribution < -0.4 is 15.8 Å². The largest absolute Gasteiger partial charge is 0.491 e. The number of para-hydroxylation sites is 2. The molecule has 1 amide bonds. The third-order valence-corrected chi connectivity index (χ3v) is 4.04. The van der Waals surface area contributed by atoms with Crippen LogP contribution in [-0.2, 0) is 4.79 Å². The lowest BCUT2D eigenvalue weighted by atomic mass is 9.94. The van der Waals surface area contributed by atoms with Crippen LogP contribution in [0.1, 0.15) is 38.3 Å². The van der Waals surface area contributed by atoms with Crippen LogP contribution in [0.5, 0.6) is 5.75 Å². The monoisotopic (exact) mass is 326 g/mol. The van der Waals surface area contributed by atoms with Gasteiger partial charge in [0.05, 0.1) is 18.2 Å². The minimum absolute atomic E-state index is 0.113. The number of hydrogen-bond donors (Lipinski definition) is 2. The van der Waals surface area contributed by atoms with Crippen LogP contribution in [0.2, 0.25) is 0 Å². The number of carbonyl (C=O) groups is 1. The van der Waals surface area contributed by atoms with E-state index in [1.54, 1.807) is 0 Å². The van der Waals surface area contributed by atoms with Crippen molar-refractivity contribution in [3.63, 3.8) is 0 Å². The second-order valence-electron chi connectivity index (χ2n) is 5.91. The van der Waals surface area contributed by atoms with Crippen molar-refractivity contribution < 1.29 is 9.53 Å². The third-order valence-electron chi connectivity index (χ3n) is 4.04. The molecule has 2 atom stereocenters. The molecule has 4 nitrogen and oxygen atoms in total. The first kappa shape index (κ1) is 18.0. The minimum Gasteiger partial charge on any atom is -0.491 e. The van der Waals surface area contributed by atoms with E-state index in [0.29, 0.717) is 18.0 Å². The molecular formula is C20H26N2O2. The van der Waals surface area contributed by atoms with E-state index in [1.165, 1.54) is 0 Å². The molecule has 128 valence electrons. The molecule has 0 aliphatic heterocycles. The van der Waals surface area contributed by atoms with Gasteiger partial charge in [-0.25, -0.2) is 0 Å². The Hall–Kier alpha value is -2.33. The van der Waals surface area contributed by atoms with Crippen LogP contribution in [-0.4, -0.2) is 12.5 Å². The van der Waals surface area contributed by atoms with Gasteiger partial charge in [-0.3, -0.25) is 4.79 Å². The smallest absolute Gasteiger partial charge is 0.229 e. The standard InChI is InChI=1S/C20H26N2O2/c1-3-4-14-24-18-13-9-8-12-17(18)22-20(23)15(2)19(21)16-10-6-5-7-11-16/h5-13,15,19H,3-4,14,21H2,1-2H3,(H,22,23). The summed E-state index contributed by atoms with van der Waals surface area (Å²) in [6.07, 6.45) is 2.05. The van der Waals surface area contributed by atoms with Crippen molar-refractivity contribution >= 4 is 11.6 Å². The zero-order valence-corrected chi connectivity index (χ0v) is 14.4. The van der Waals surface area contributed by atoms with Gasteiger partial charge in [0.1, 0.15) is 5.75 Å². The molecule has 0 saturated heterocycles. The quantitative estimate of drug-likeness (QED) is 0.717. The Morgan fingerprint density at radius 3 is 2.50 bits per heavy atom. The number of benzene rings is 2. The van der Waals surface area contributed by atoms with Crippen molar-refractivity contribution in [2.45, 2.75) is 32.7 Å². The second kappa shape index (κ2) is 9.08. The molecule has 0 fully saturated rings. The highest BCUT2D eigenvalue weighted by Gasteiger charge is 2.22. The van der Waals surface area contributed by atoms with E-state index in [0.717, 1.165) is 18.4 Å². The van der Waals surface area contributed by atoms with Crippen LogP contribution >= 0.6 is 0 Å². The molecule has 2 aromatic rings. The maximum atomic E-state index is 12.6. The van der Waals surface area contributed by atoms with Crippen LogP contribution in [0.15, 0.2) is 54.6 Å². The average Bonchev–Trinajstić information content (AvgIpc) is 2.62. The number of hydrogen-bond acceptors (Lipinski definition) is 3. The van der Waals surface area contributed by atoms with Gasteiger partial charge in [0, 0.05) is 6.04 Å². The van der Waals surface area contributed by atoms with Gasteiger partial charge in [0.15, 0.2) is 0 Å². The summed E-state index contributed by atoms with van der Waals surface area (Å²) in [5, 5.41) is 2.94. The molecule has 0 saturated carbocycles. The first-order valence-corrected chi connectivity index (χ1v) is 8.46. The van der Waals surface area contributed by atoms with Crippen molar-refractivity contribution in [1.29, 1.82) is 0 Å². The molecule has 0 aromatic heterocycles. The zero-order chi connectivity index (χ0) is 17.4. The number of ether oxygens (including phenoxy) is 1. The summed E-state index contributed by atoms with van der Waals surface area (Å²) in [5.74, 6) is 0.230. The number of nitrogens with one attached hydrogen (secondary N) is 1. The minimum atomic E-state index is -0.351. The second-order valence-corrected chi connectivity index (χ2v) is 5.91. The lowest BCUT2D eigenvalue weighted by Crippen LogP contribution is -2.30. The van der Waals surface area contributed by atoms with Gasteiger partial charge in [-0.2, -0.15) is 0 Å². The molecule has 0 aliphatic rings. The first-order valence-electron chi connectivity index (χ1n) is 8.46. The fourth-order valence-corrected chi connectivity index (χ4v) is 2.40. The third kappa shape index (κ3) is 4.83. The number of nitrogens with two attached hydrogens (primary N) is 1. The van der Waals surface area contributed by atoms with E-state index in [1.807, 2.05) is 61.5 Å². The molecule has 2 rings (SSSR count). The maximum absolute atomic E-state index is 12.6. The van der Waals surface area contributed by atoms with Gasteiger partial charge in [-0.05, 0) is 24.1 Å². The van der Waals surface area contributed by atoms with Gasteiger partial charge in [0.2, 0.25) is 5.91 Å². The number of amides is 1. The summed E-state index contributed by atoms with van der Waals surface area (Å²) in [6, 6.07) is 16.8. The molecule has 0 radical (unpaired) electrons. The molecule has 3 N–H and O–H groups in total. The summed E-state index contributed by atoms with van der Waals surface area (Å²) < 4.78 is 5.76. The number of unbranched alkanes of at least 4 members (excludes halogenated alkanes) is 1. The highest BCUT2D eigenvalue weighted by atomic mass is 16.5. The van der Waals surface area contributed by atoms with Crippen LogP contribution in [0.3, 0.4) is 0 Å². The lowest BCUT2D eigenvalue weighted by molar-refractivity contribution is -0.120. The van der Waals surface area contributed by atoms with Crippen LogP contribution in [0, 0.1) is 5.92 Å². The Morgan fingerprint density at radius 1 is 1.12 bits per heavy atom. The van der Waals surface area contributed by atoms with E-state index in [4.69, 9.17) is 10.5 Å². The molecule has 24 heavy (non-hydrogen) atoms. The van der Waals surface area contributed by atoms with Crippen LogP contribution in [0.4, 0.5) is 5.69 Å². The molecule has 0 heterocycles. The highest BCUT2D eigenvalue weighted by molar-refractivity contribution is 5.94. The summed E-state index contributed by atoms with van der Waals surface area (Å²) in [4.78, 5) is 12.6. The predicted octanol–water partition coefficient (Wildman–Crippen LogP) is 4.14. The van der Waals surface area contributed by atoms with E-state index < -0.39 is 0 Å². The summed E-state index contributed by atoms with van der Waals surface area (Å²) in [5.41, 5.74) is 7.87. The van der Waals surface area contributed by atoms with E-state index in [-0.39, 0.29) is 17.9 Å². The molecule has 0 spiro atoms. The van der Waals surface area contributed by atoms with Crippen LogP contribution in [0.25, 0.3) is 0 Å². The number of carbonyl (C=O) groups excluding carboxylic acids is 1. The molecule has 2 unspecified atom stereocenters. The highest BCUT2D eigenvalue weighted by Crippen LogP contribution is 2.26. The average molecular weight is 326 g/mol. The van der Waals surface area contributed by atoms with Crippen molar-refractivity contribution in [2.24, 2.45) is 11.7 Å². The number of anilines is 1. The van der Waals surface area contributed by atoms with Crippen molar-refractivity contribution in [3.05, 3.63) is 60.2 Å². The van der Waals surface area contributed by atoms with E-state index in [9.17, 15) is 4.79 Å². The fraction of sp³-hybridized carbons (Fsp3) is 0.350. The van der Waals surface area contributed by atoms with Gasteiger partial charge >= 0.3 is 0 Å². The van der Waals surface area contributed by atoms with Crippen molar-refractivity contribution in [3.8, 4) is 5.75 Å². The van der Waals surface area contributed by atoms with Gasteiger partial charge in [-0.1, -0.05) is 62.7 Å². The Bertz CT molecular complexity index is 643. The summed E-state index contributed by atoms with van der Waals surface area (Å²) >= 11 is 0. The molecule has 4 heteroatoms. The summed E-state index contributed by atoms with van der Waals surface area (Å²) in [6.45, 7) is 4.60. The molecular weight excluding hydrogens is 300 g/mol. The molecule has 2 aromatic carbocycles. The Labute approximate surface area is 144 Å². The normalized spacial score (nSPS) is 13.1. The van der Waals surface area contributed by atoms with Gasteiger partial charge in [0.25, 0.3) is 0 Å².